The number of nitrogens with zero attached hydrogens (tertiary/aromatic N) is 1. The first-order valence-corrected chi connectivity index (χ1v) is 8.86. The SMILES string of the molecule is CSc1ccc(C=Cc2ccc3c(Cl)cc(Cl)c(O)c3n2)cc1. The molecule has 0 bridgehead atoms. The summed E-state index contributed by atoms with van der Waals surface area (Å²) in [5, 5.41) is 11.4. The summed E-state index contributed by atoms with van der Waals surface area (Å²) in [6.07, 6.45) is 5.91. The van der Waals surface area contributed by atoms with Crippen molar-refractivity contribution >= 4 is 58.0 Å². The molecule has 116 valence electrons. The largest absolute Gasteiger partial charge is 0.504 e. The van der Waals surface area contributed by atoms with E-state index in [0.29, 0.717) is 15.9 Å². The quantitative estimate of drug-likeness (QED) is 0.568. The molecule has 23 heavy (non-hydrogen) atoms. The van der Waals surface area contributed by atoms with Crippen LogP contribution in [-0.4, -0.2) is 16.3 Å². The van der Waals surface area contributed by atoms with Gasteiger partial charge in [-0.2, -0.15) is 0 Å². The number of phenols is 1. The number of pyridine rings is 1. The molecule has 2 nitrogen and oxygen atoms in total. The highest BCUT2D eigenvalue weighted by Crippen LogP contribution is 2.36. The molecule has 0 amide bonds. The van der Waals surface area contributed by atoms with Crippen molar-refractivity contribution in [3.05, 3.63) is 63.8 Å². The molecule has 0 aliphatic carbocycles. The lowest BCUT2D eigenvalue weighted by molar-refractivity contribution is 0.480. The number of fused-ring (bicyclic) bond motifs is 1. The molecule has 0 aliphatic rings. The standard InChI is InChI=1S/C18H13Cl2NOS/c1-23-13-7-3-11(4-8-13)2-5-12-6-9-14-15(19)10-16(20)18(22)17(14)21-12/h2-10,22H,1H3. The molecule has 0 atom stereocenters. The minimum atomic E-state index is -0.0503. The number of rotatable bonds is 3. The minimum absolute atomic E-state index is 0.0503. The molecule has 2 aromatic carbocycles. The molecule has 0 spiro atoms. The summed E-state index contributed by atoms with van der Waals surface area (Å²) in [5.74, 6) is -0.0503. The predicted octanol–water partition coefficient (Wildman–Crippen LogP) is 6.14. The van der Waals surface area contributed by atoms with Gasteiger partial charge in [-0.25, -0.2) is 4.98 Å². The lowest BCUT2D eigenvalue weighted by atomic mass is 10.1. The maximum atomic E-state index is 10.1. The van der Waals surface area contributed by atoms with Gasteiger partial charge in [-0.1, -0.05) is 41.4 Å². The summed E-state index contributed by atoms with van der Waals surface area (Å²) >= 11 is 13.8. The first kappa shape index (κ1) is 16.2. The maximum absolute atomic E-state index is 10.1. The third kappa shape index (κ3) is 3.47. The van der Waals surface area contributed by atoms with Crippen LogP contribution in [0.1, 0.15) is 11.3 Å². The molecule has 0 saturated carbocycles. The van der Waals surface area contributed by atoms with E-state index in [-0.39, 0.29) is 10.8 Å². The van der Waals surface area contributed by atoms with Crippen LogP contribution < -0.4 is 0 Å². The lowest BCUT2D eigenvalue weighted by Gasteiger charge is -2.05. The van der Waals surface area contributed by atoms with Crippen LogP contribution in [0.2, 0.25) is 10.0 Å². The van der Waals surface area contributed by atoms with Gasteiger partial charge < -0.3 is 5.11 Å². The molecule has 1 heterocycles. The maximum Gasteiger partial charge on any atom is 0.160 e. The second-order valence-corrected chi connectivity index (χ2v) is 6.62. The molecule has 0 fully saturated rings. The number of halogens is 2. The van der Waals surface area contributed by atoms with Gasteiger partial charge in [0.25, 0.3) is 0 Å². The molecule has 5 heteroatoms. The molecule has 3 rings (SSSR count). The van der Waals surface area contributed by atoms with Gasteiger partial charge in [0, 0.05) is 10.3 Å². The van der Waals surface area contributed by atoms with E-state index in [0.717, 1.165) is 11.3 Å². The zero-order chi connectivity index (χ0) is 16.4. The molecule has 1 N–H and O–H groups in total. The van der Waals surface area contributed by atoms with Crippen LogP contribution in [0.4, 0.5) is 0 Å². The Kier molecular flexibility index (Phi) is 4.81. The smallest absolute Gasteiger partial charge is 0.160 e. The predicted molar refractivity (Wildman–Crippen MR) is 101 cm³/mol. The highest BCUT2D eigenvalue weighted by molar-refractivity contribution is 7.98. The Morgan fingerprint density at radius 2 is 1.74 bits per heavy atom. The third-order valence-corrected chi connectivity index (χ3v) is 4.78. The van der Waals surface area contributed by atoms with Crippen LogP contribution in [0.25, 0.3) is 23.1 Å². The van der Waals surface area contributed by atoms with E-state index in [2.05, 4.69) is 29.2 Å². The first-order valence-electron chi connectivity index (χ1n) is 6.88. The summed E-state index contributed by atoms with van der Waals surface area (Å²) in [4.78, 5) is 5.66. The molecule has 0 aliphatic heterocycles. The van der Waals surface area contributed by atoms with Crippen molar-refractivity contribution in [2.24, 2.45) is 0 Å². The van der Waals surface area contributed by atoms with Crippen molar-refractivity contribution < 1.29 is 5.11 Å². The number of benzene rings is 2. The average Bonchev–Trinajstić information content (AvgIpc) is 2.58. The van der Waals surface area contributed by atoms with Gasteiger partial charge >= 0.3 is 0 Å². The van der Waals surface area contributed by atoms with Crippen LogP contribution in [0, 0.1) is 0 Å². The second kappa shape index (κ2) is 6.83. The molecule has 1 aromatic heterocycles. The molecular formula is C18H13Cl2NOS. The Hall–Kier alpha value is -1.68. The van der Waals surface area contributed by atoms with E-state index in [1.165, 1.54) is 11.0 Å². The molecule has 0 unspecified atom stereocenters. The monoisotopic (exact) mass is 361 g/mol. The number of thioether (sulfide) groups is 1. The van der Waals surface area contributed by atoms with E-state index >= 15 is 0 Å². The molecule has 3 aromatic rings. The van der Waals surface area contributed by atoms with E-state index in [1.54, 1.807) is 11.8 Å². The summed E-state index contributed by atoms with van der Waals surface area (Å²) in [6, 6.07) is 13.5. The highest BCUT2D eigenvalue weighted by Gasteiger charge is 2.10. The van der Waals surface area contributed by atoms with Crippen molar-refractivity contribution in [2.45, 2.75) is 4.90 Å². The summed E-state index contributed by atoms with van der Waals surface area (Å²) < 4.78 is 0. The first-order chi connectivity index (χ1) is 11.1. The Bertz CT molecular complexity index is 892. The third-order valence-electron chi connectivity index (χ3n) is 3.44. The highest BCUT2D eigenvalue weighted by atomic mass is 35.5. The van der Waals surface area contributed by atoms with Crippen molar-refractivity contribution in [3.63, 3.8) is 0 Å². The summed E-state index contributed by atoms with van der Waals surface area (Å²) in [5.41, 5.74) is 2.21. The molecule has 0 radical (unpaired) electrons. The van der Waals surface area contributed by atoms with Gasteiger partial charge in [0.1, 0.15) is 5.52 Å². The molecular weight excluding hydrogens is 349 g/mol. The Morgan fingerprint density at radius 3 is 2.43 bits per heavy atom. The lowest BCUT2D eigenvalue weighted by Crippen LogP contribution is -1.86. The van der Waals surface area contributed by atoms with E-state index in [9.17, 15) is 5.11 Å². The Morgan fingerprint density at radius 1 is 1.00 bits per heavy atom. The number of aromatic nitrogens is 1. The fourth-order valence-corrected chi connectivity index (χ4v) is 3.13. The fraction of sp³-hybridized carbons (Fsp3) is 0.0556. The van der Waals surface area contributed by atoms with Gasteiger partial charge in [0.15, 0.2) is 5.75 Å². The van der Waals surface area contributed by atoms with Gasteiger partial charge in [0.2, 0.25) is 0 Å². The van der Waals surface area contributed by atoms with E-state index in [4.69, 9.17) is 23.2 Å². The number of phenolic OH excluding ortho intramolecular Hbond substituents is 1. The fourth-order valence-electron chi connectivity index (χ4n) is 2.21. The van der Waals surface area contributed by atoms with Crippen LogP contribution in [0.5, 0.6) is 5.75 Å². The topological polar surface area (TPSA) is 33.1 Å². The average molecular weight is 362 g/mol. The zero-order valence-corrected chi connectivity index (χ0v) is 14.6. The van der Waals surface area contributed by atoms with Gasteiger partial charge in [-0.05, 0) is 48.2 Å². The minimum Gasteiger partial charge on any atom is -0.504 e. The Balaban J connectivity index is 1.96. The zero-order valence-electron chi connectivity index (χ0n) is 12.3. The summed E-state index contributed by atoms with van der Waals surface area (Å²) in [6.45, 7) is 0. The van der Waals surface area contributed by atoms with Gasteiger partial charge in [-0.3, -0.25) is 0 Å². The van der Waals surface area contributed by atoms with Crippen molar-refractivity contribution in [2.75, 3.05) is 6.26 Å². The number of hydrogen-bond acceptors (Lipinski definition) is 3. The van der Waals surface area contributed by atoms with Crippen LogP contribution in [0.3, 0.4) is 0 Å². The second-order valence-electron chi connectivity index (χ2n) is 4.93. The van der Waals surface area contributed by atoms with Crippen LogP contribution in [0.15, 0.2) is 47.4 Å². The van der Waals surface area contributed by atoms with Crippen molar-refractivity contribution in [1.29, 1.82) is 0 Å². The van der Waals surface area contributed by atoms with Gasteiger partial charge in [-0.15, -0.1) is 11.8 Å². The van der Waals surface area contributed by atoms with E-state index in [1.807, 2.05) is 30.5 Å². The summed E-state index contributed by atoms with van der Waals surface area (Å²) in [7, 11) is 0. The van der Waals surface area contributed by atoms with Crippen molar-refractivity contribution in [3.8, 4) is 5.75 Å². The number of hydrogen-bond donors (Lipinski definition) is 1. The normalized spacial score (nSPS) is 11.4. The van der Waals surface area contributed by atoms with Crippen molar-refractivity contribution in [1.82, 2.24) is 4.98 Å². The van der Waals surface area contributed by atoms with Crippen LogP contribution in [-0.2, 0) is 0 Å². The van der Waals surface area contributed by atoms with Gasteiger partial charge in [0.05, 0.1) is 15.7 Å². The molecule has 0 saturated heterocycles. The van der Waals surface area contributed by atoms with Crippen LogP contribution >= 0.6 is 35.0 Å². The number of aromatic hydroxyl groups is 1. The van der Waals surface area contributed by atoms with E-state index < -0.39 is 0 Å². The Labute approximate surface area is 148 Å².